The second kappa shape index (κ2) is 7.72. The van der Waals surface area contributed by atoms with Crippen LogP contribution in [0.2, 0.25) is 0 Å². The van der Waals surface area contributed by atoms with Crippen LogP contribution >= 0.6 is 0 Å². The Kier molecular flexibility index (Phi) is 5.00. The number of piperazine rings is 1. The summed E-state index contributed by atoms with van der Waals surface area (Å²) in [6, 6.07) is 20.0. The van der Waals surface area contributed by atoms with Crippen LogP contribution in [-0.2, 0) is 0 Å². The summed E-state index contributed by atoms with van der Waals surface area (Å²) in [6.07, 6.45) is 0. The van der Waals surface area contributed by atoms with Gasteiger partial charge in [-0.3, -0.25) is 4.90 Å². The molecule has 1 aliphatic rings. The van der Waals surface area contributed by atoms with E-state index in [2.05, 4.69) is 22.0 Å². The molecule has 26 heavy (non-hydrogen) atoms. The van der Waals surface area contributed by atoms with Gasteiger partial charge < -0.3 is 14.2 Å². The predicted molar refractivity (Wildman–Crippen MR) is 102 cm³/mol. The molecule has 0 N–H and O–H groups in total. The minimum absolute atomic E-state index is 0.634. The van der Waals surface area contributed by atoms with E-state index in [1.807, 2.05) is 60.7 Å². The van der Waals surface area contributed by atoms with Crippen molar-refractivity contribution in [3.05, 3.63) is 60.7 Å². The van der Waals surface area contributed by atoms with E-state index in [4.69, 9.17) is 9.26 Å². The zero-order chi connectivity index (χ0) is 17.8. The van der Waals surface area contributed by atoms with Crippen molar-refractivity contribution in [3.63, 3.8) is 0 Å². The van der Waals surface area contributed by atoms with E-state index < -0.39 is 0 Å². The van der Waals surface area contributed by atoms with Gasteiger partial charge in [-0.05, 0) is 31.3 Å². The quantitative estimate of drug-likeness (QED) is 0.704. The lowest BCUT2D eigenvalue weighted by molar-refractivity contribution is 0.0763. The molecule has 0 saturated carbocycles. The smallest absolute Gasteiger partial charge is 0.167 e. The maximum Gasteiger partial charge on any atom is 0.167 e. The van der Waals surface area contributed by atoms with Gasteiger partial charge >= 0.3 is 0 Å². The Hall–Kier alpha value is -2.63. The van der Waals surface area contributed by atoms with Crippen LogP contribution in [0.4, 0.5) is 0 Å². The first-order valence-electron chi connectivity index (χ1n) is 8.94. The molecule has 2 aromatic carbocycles. The Morgan fingerprint density at radius 1 is 0.923 bits per heavy atom. The summed E-state index contributed by atoms with van der Waals surface area (Å²) in [7, 11) is 2.16. The Balaban J connectivity index is 1.38. The van der Waals surface area contributed by atoms with Crippen LogP contribution in [0.5, 0.6) is 5.75 Å². The average Bonchev–Trinajstić information content (AvgIpc) is 3.19. The largest absolute Gasteiger partial charge is 0.478 e. The second-order valence-electron chi connectivity index (χ2n) is 6.66. The van der Waals surface area contributed by atoms with Crippen LogP contribution in [0.3, 0.4) is 0 Å². The Bertz CT molecular complexity index is 822. The van der Waals surface area contributed by atoms with Crippen molar-refractivity contribution < 1.29 is 9.26 Å². The summed E-state index contributed by atoms with van der Waals surface area (Å²) < 4.78 is 11.4. The van der Waals surface area contributed by atoms with Gasteiger partial charge in [-0.15, -0.1) is 0 Å². The minimum atomic E-state index is 0.634. The fourth-order valence-corrected chi connectivity index (χ4v) is 3.01. The Morgan fingerprint density at radius 2 is 1.65 bits per heavy atom. The van der Waals surface area contributed by atoms with Crippen molar-refractivity contribution >= 4 is 0 Å². The van der Waals surface area contributed by atoms with Crippen LogP contribution < -0.4 is 4.74 Å². The van der Waals surface area contributed by atoms with E-state index in [1.54, 1.807) is 0 Å². The zero-order valence-electron chi connectivity index (χ0n) is 15.0. The fourth-order valence-electron chi connectivity index (χ4n) is 3.01. The first-order valence-corrected chi connectivity index (χ1v) is 8.94. The van der Waals surface area contributed by atoms with Gasteiger partial charge in [-0.2, -0.15) is 0 Å². The lowest BCUT2D eigenvalue weighted by atomic mass is 10.1. The SMILES string of the molecule is CN1CCN(COc2ccc(-c3cc(-c4ccccc4)on3)cc2)CC1. The first-order chi connectivity index (χ1) is 12.8. The highest BCUT2D eigenvalue weighted by atomic mass is 16.5. The normalized spacial score (nSPS) is 15.9. The number of likely N-dealkylation sites (N-methyl/N-ethyl adjacent to an activating group) is 1. The molecule has 0 aliphatic carbocycles. The molecule has 1 fully saturated rings. The number of rotatable bonds is 5. The van der Waals surface area contributed by atoms with E-state index in [9.17, 15) is 0 Å². The lowest BCUT2D eigenvalue weighted by Crippen LogP contribution is -2.45. The van der Waals surface area contributed by atoms with Crippen molar-refractivity contribution in [3.8, 4) is 28.3 Å². The van der Waals surface area contributed by atoms with Gasteiger partial charge in [0.25, 0.3) is 0 Å². The molecule has 0 amide bonds. The maximum atomic E-state index is 5.91. The van der Waals surface area contributed by atoms with Gasteiger partial charge in [-0.25, -0.2) is 0 Å². The fraction of sp³-hybridized carbons (Fsp3) is 0.286. The van der Waals surface area contributed by atoms with E-state index in [1.165, 1.54) is 0 Å². The standard InChI is InChI=1S/C21H23N3O2/c1-23-11-13-24(14-12-23)16-25-19-9-7-17(8-10-19)20-15-21(26-22-20)18-5-3-2-4-6-18/h2-10,15H,11-14,16H2,1H3. The van der Waals surface area contributed by atoms with Gasteiger partial charge in [-0.1, -0.05) is 35.5 Å². The molecule has 1 aromatic heterocycles. The molecule has 1 aliphatic heterocycles. The summed E-state index contributed by atoms with van der Waals surface area (Å²) in [5, 5.41) is 4.19. The highest BCUT2D eigenvalue weighted by Crippen LogP contribution is 2.27. The van der Waals surface area contributed by atoms with Crippen molar-refractivity contribution in [2.75, 3.05) is 40.0 Å². The molecule has 2 heterocycles. The van der Waals surface area contributed by atoms with Crippen LogP contribution in [0, 0.1) is 0 Å². The number of benzene rings is 2. The van der Waals surface area contributed by atoms with E-state index in [0.717, 1.165) is 54.5 Å². The number of aromatic nitrogens is 1. The lowest BCUT2D eigenvalue weighted by Gasteiger charge is -2.31. The monoisotopic (exact) mass is 349 g/mol. The van der Waals surface area contributed by atoms with Crippen molar-refractivity contribution in [2.24, 2.45) is 0 Å². The minimum Gasteiger partial charge on any atom is -0.478 e. The number of hydrogen-bond donors (Lipinski definition) is 0. The molecule has 0 radical (unpaired) electrons. The topological polar surface area (TPSA) is 41.7 Å². The Morgan fingerprint density at radius 3 is 2.38 bits per heavy atom. The van der Waals surface area contributed by atoms with Gasteiger partial charge in [0.2, 0.25) is 0 Å². The van der Waals surface area contributed by atoms with Gasteiger partial charge in [0, 0.05) is 43.4 Å². The summed E-state index contributed by atoms with van der Waals surface area (Å²) in [5.41, 5.74) is 2.87. The molecule has 0 unspecified atom stereocenters. The molecule has 5 heteroatoms. The van der Waals surface area contributed by atoms with Crippen LogP contribution in [0.25, 0.3) is 22.6 Å². The third kappa shape index (κ3) is 3.95. The van der Waals surface area contributed by atoms with E-state index >= 15 is 0 Å². The summed E-state index contributed by atoms with van der Waals surface area (Å²) in [4.78, 5) is 4.67. The van der Waals surface area contributed by atoms with Crippen LogP contribution in [0.15, 0.2) is 65.2 Å². The maximum absolute atomic E-state index is 5.91. The molecule has 5 nitrogen and oxygen atoms in total. The van der Waals surface area contributed by atoms with Crippen molar-refractivity contribution in [1.29, 1.82) is 0 Å². The van der Waals surface area contributed by atoms with Crippen LogP contribution in [0.1, 0.15) is 0 Å². The molecule has 4 rings (SSSR count). The molecule has 134 valence electrons. The van der Waals surface area contributed by atoms with Gasteiger partial charge in [0.05, 0.1) is 0 Å². The third-order valence-electron chi connectivity index (χ3n) is 4.73. The highest BCUT2D eigenvalue weighted by molar-refractivity contribution is 5.66. The molecule has 3 aromatic rings. The summed E-state index contributed by atoms with van der Waals surface area (Å²) >= 11 is 0. The molecular weight excluding hydrogens is 326 g/mol. The Labute approximate surface area is 153 Å². The molecule has 1 saturated heterocycles. The van der Waals surface area contributed by atoms with E-state index in [-0.39, 0.29) is 0 Å². The first kappa shape index (κ1) is 16.8. The zero-order valence-corrected chi connectivity index (χ0v) is 15.0. The van der Waals surface area contributed by atoms with Crippen molar-refractivity contribution in [2.45, 2.75) is 0 Å². The third-order valence-corrected chi connectivity index (χ3v) is 4.73. The van der Waals surface area contributed by atoms with Crippen LogP contribution in [-0.4, -0.2) is 54.9 Å². The summed E-state index contributed by atoms with van der Waals surface area (Å²) in [6.45, 7) is 4.93. The van der Waals surface area contributed by atoms with Crippen molar-refractivity contribution in [1.82, 2.24) is 15.0 Å². The second-order valence-corrected chi connectivity index (χ2v) is 6.66. The average molecular weight is 349 g/mol. The number of hydrogen-bond acceptors (Lipinski definition) is 5. The van der Waals surface area contributed by atoms with Gasteiger partial charge in [0.1, 0.15) is 18.2 Å². The number of ether oxygens (including phenoxy) is 1. The molecular formula is C21H23N3O2. The molecule has 0 spiro atoms. The number of nitrogens with zero attached hydrogens (tertiary/aromatic N) is 3. The predicted octanol–water partition coefficient (Wildman–Crippen LogP) is 3.59. The highest BCUT2D eigenvalue weighted by Gasteiger charge is 2.14. The van der Waals surface area contributed by atoms with E-state index in [0.29, 0.717) is 6.73 Å². The van der Waals surface area contributed by atoms with Gasteiger partial charge in [0.15, 0.2) is 5.76 Å². The molecule has 0 atom stereocenters. The summed E-state index contributed by atoms with van der Waals surface area (Å²) in [5.74, 6) is 1.65. The molecule has 0 bridgehead atoms.